The Kier molecular flexibility index (Phi) is 7.26. The number of carbonyl (C=O) groups excluding carboxylic acids is 2. The van der Waals surface area contributed by atoms with E-state index in [0.717, 1.165) is 0 Å². The molecule has 7 nitrogen and oxygen atoms in total. The average Bonchev–Trinajstić information content (AvgIpc) is 2.62. The van der Waals surface area contributed by atoms with Crippen molar-refractivity contribution >= 4 is 17.7 Å². The fourth-order valence-corrected chi connectivity index (χ4v) is 2.25. The summed E-state index contributed by atoms with van der Waals surface area (Å²) in [6.45, 7) is 5.53. The molecule has 0 saturated heterocycles. The van der Waals surface area contributed by atoms with Crippen molar-refractivity contribution in [3.8, 4) is 17.2 Å². The Bertz CT molecular complexity index is 797. The molecular weight excluding hydrogens is 360 g/mol. The molecule has 0 fully saturated rings. The van der Waals surface area contributed by atoms with Gasteiger partial charge in [-0.15, -0.1) is 0 Å². The van der Waals surface area contributed by atoms with E-state index >= 15 is 0 Å². The Labute approximate surface area is 165 Å². The van der Waals surface area contributed by atoms with Crippen molar-refractivity contribution in [1.29, 1.82) is 0 Å². The molecule has 2 rings (SSSR count). The molecule has 0 aliphatic heterocycles. The number of methoxy groups -OCH3 is 1. The first kappa shape index (κ1) is 21.1. The maximum absolute atomic E-state index is 12.0. The van der Waals surface area contributed by atoms with E-state index in [2.05, 4.69) is 10.6 Å². The van der Waals surface area contributed by atoms with E-state index in [9.17, 15) is 9.59 Å². The Morgan fingerprint density at radius 3 is 2.21 bits per heavy atom. The summed E-state index contributed by atoms with van der Waals surface area (Å²) in [6.07, 6.45) is -0.406. The van der Waals surface area contributed by atoms with Crippen LogP contribution in [0.1, 0.15) is 27.2 Å². The lowest BCUT2D eigenvalue weighted by Gasteiger charge is -2.19. The van der Waals surface area contributed by atoms with Crippen molar-refractivity contribution in [2.75, 3.05) is 19.0 Å². The van der Waals surface area contributed by atoms with E-state index in [-0.39, 0.29) is 18.9 Å². The molecule has 150 valence electrons. The van der Waals surface area contributed by atoms with E-state index < -0.39 is 11.7 Å². The fraction of sp³-hybridized carbons (Fsp3) is 0.333. The van der Waals surface area contributed by atoms with E-state index in [1.165, 1.54) is 0 Å². The van der Waals surface area contributed by atoms with Crippen LogP contribution < -0.4 is 20.1 Å². The number of rotatable bonds is 7. The van der Waals surface area contributed by atoms with Crippen LogP contribution in [0, 0.1) is 0 Å². The first-order chi connectivity index (χ1) is 13.3. The number of amides is 2. The summed E-state index contributed by atoms with van der Waals surface area (Å²) >= 11 is 0. The minimum absolute atomic E-state index is 0.138. The molecule has 0 heterocycles. The summed E-state index contributed by atoms with van der Waals surface area (Å²) in [7, 11) is 1.58. The number of hydrogen-bond donors (Lipinski definition) is 2. The third kappa shape index (κ3) is 7.19. The van der Waals surface area contributed by atoms with Crippen molar-refractivity contribution in [3.63, 3.8) is 0 Å². The molecule has 0 spiro atoms. The Hall–Kier alpha value is -3.22. The highest BCUT2D eigenvalue weighted by molar-refractivity contribution is 5.91. The Morgan fingerprint density at radius 1 is 0.964 bits per heavy atom. The van der Waals surface area contributed by atoms with Crippen molar-refractivity contribution < 1.29 is 23.8 Å². The van der Waals surface area contributed by atoms with Crippen LogP contribution in [0.5, 0.6) is 17.2 Å². The summed E-state index contributed by atoms with van der Waals surface area (Å²) in [4.78, 5) is 23.5. The summed E-state index contributed by atoms with van der Waals surface area (Å²) < 4.78 is 16.2. The van der Waals surface area contributed by atoms with Crippen LogP contribution >= 0.6 is 0 Å². The maximum Gasteiger partial charge on any atom is 0.407 e. The van der Waals surface area contributed by atoms with Gasteiger partial charge in [-0.05, 0) is 57.2 Å². The number of hydrogen-bond acceptors (Lipinski definition) is 5. The highest BCUT2D eigenvalue weighted by atomic mass is 16.6. The molecule has 0 aliphatic carbocycles. The third-order valence-corrected chi connectivity index (χ3v) is 3.46. The van der Waals surface area contributed by atoms with E-state index in [1.54, 1.807) is 52.1 Å². The summed E-state index contributed by atoms with van der Waals surface area (Å²) in [5.41, 5.74) is 0.0644. The van der Waals surface area contributed by atoms with E-state index in [4.69, 9.17) is 14.2 Å². The quantitative estimate of drug-likeness (QED) is 0.739. The molecule has 2 amide bonds. The summed E-state index contributed by atoms with van der Waals surface area (Å²) in [5, 5.41) is 5.32. The van der Waals surface area contributed by atoms with Crippen molar-refractivity contribution in [2.24, 2.45) is 0 Å². The number of alkyl carbamates (subject to hydrolysis) is 1. The van der Waals surface area contributed by atoms with Gasteiger partial charge in [0, 0.05) is 18.7 Å². The number of para-hydroxylation sites is 2. The zero-order valence-electron chi connectivity index (χ0n) is 16.6. The first-order valence-electron chi connectivity index (χ1n) is 8.94. The normalized spacial score (nSPS) is 10.7. The maximum atomic E-state index is 12.0. The molecule has 28 heavy (non-hydrogen) atoms. The summed E-state index contributed by atoms with van der Waals surface area (Å²) in [5.74, 6) is 1.65. The van der Waals surface area contributed by atoms with Gasteiger partial charge in [-0.3, -0.25) is 4.79 Å². The largest absolute Gasteiger partial charge is 0.493 e. The lowest BCUT2D eigenvalue weighted by molar-refractivity contribution is -0.116. The van der Waals surface area contributed by atoms with Crippen molar-refractivity contribution in [1.82, 2.24) is 5.32 Å². The number of carbonyl (C=O) groups is 2. The lowest BCUT2D eigenvalue weighted by atomic mass is 10.2. The van der Waals surface area contributed by atoms with Gasteiger partial charge in [-0.2, -0.15) is 0 Å². The predicted octanol–water partition coefficient (Wildman–Crippen LogP) is 4.34. The van der Waals surface area contributed by atoms with Crippen LogP contribution in [-0.2, 0) is 9.53 Å². The monoisotopic (exact) mass is 386 g/mol. The van der Waals surface area contributed by atoms with Gasteiger partial charge in [0.2, 0.25) is 5.91 Å². The molecule has 0 unspecified atom stereocenters. The van der Waals surface area contributed by atoms with Crippen molar-refractivity contribution in [2.45, 2.75) is 32.8 Å². The number of ether oxygens (including phenoxy) is 3. The number of anilines is 1. The molecule has 0 bridgehead atoms. The number of benzene rings is 2. The van der Waals surface area contributed by atoms with Crippen LogP contribution in [0.15, 0.2) is 48.5 Å². The molecule has 0 aliphatic rings. The van der Waals surface area contributed by atoms with Crippen LogP contribution in [0.4, 0.5) is 10.5 Å². The second-order valence-electron chi connectivity index (χ2n) is 7.00. The average molecular weight is 386 g/mol. The topological polar surface area (TPSA) is 85.9 Å². The molecule has 2 aromatic carbocycles. The van der Waals surface area contributed by atoms with Gasteiger partial charge in [0.15, 0.2) is 11.5 Å². The van der Waals surface area contributed by atoms with Gasteiger partial charge >= 0.3 is 6.09 Å². The molecule has 0 aromatic heterocycles. The highest BCUT2D eigenvalue weighted by Crippen LogP contribution is 2.31. The van der Waals surface area contributed by atoms with Crippen LogP contribution in [0.25, 0.3) is 0 Å². The van der Waals surface area contributed by atoms with Gasteiger partial charge < -0.3 is 24.8 Å². The van der Waals surface area contributed by atoms with E-state index in [0.29, 0.717) is 22.9 Å². The standard InChI is InChI=1S/C21H26N2O5/c1-21(2,3)28-20(25)22-14-13-19(24)23-15-9-11-16(12-10-15)27-18-8-6-5-7-17(18)26-4/h5-12H,13-14H2,1-4H3,(H,22,25)(H,23,24). The van der Waals surface area contributed by atoms with Gasteiger partial charge in [0.1, 0.15) is 11.4 Å². The lowest BCUT2D eigenvalue weighted by Crippen LogP contribution is -2.34. The van der Waals surface area contributed by atoms with Gasteiger partial charge in [-0.1, -0.05) is 12.1 Å². The van der Waals surface area contributed by atoms with Crippen LogP contribution in [0.3, 0.4) is 0 Å². The zero-order chi connectivity index (χ0) is 20.6. The molecule has 2 N–H and O–H groups in total. The predicted molar refractivity (Wildman–Crippen MR) is 107 cm³/mol. The molecule has 7 heteroatoms. The number of nitrogens with one attached hydrogen (secondary N) is 2. The minimum atomic E-state index is -0.570. The summed E-state index contributed by atoms with van der Waals surface area (Å²) in [6, 6.07) is 14.3. The van der Waals surface area contributed by atoms with Crippen LogP contribution in [0.2, 0.25) is 0 Å². The molecule has 2 aromatic rings. The Morgan fingerprint density at radius 2 is 1.61 bits per heavy atom. The van der Waals surface area contributed by atoms with E-state index in [1.807, 2.05) is 24.3 Å². The van der Waals surface area contributed by atoms with Gasteiger partial charge in [0.25, 0.3) is 0 Å². The third-order valence-electron chi connectivity index (χ3n) is 3.46. The van der Waals surface area contributed by atoms with Gasteiger partial charge in [-0.25, -0.2) is 4.79 Å². The molecule has 0 saturated carbocycles. The molecular formula is C21H26N2O5. The fourth-order valence-electron chi connectivity index (χ4n) is 2.25. The SMILES string of the molecule is COc1ccccc1Oc1ccc(NC(=O)CCNC(=O)OC(C)(C)C)cc1. The zero-order valence-corrected chi connectivity index (χ0v) is 16.6. The van der Waals surface area contributed by atoms with Crippen LogP contribution in [-0.4, -0.2) is 31.3 Å². The smallest absolute Gasteiger partial charge is 0.407 e. The first-order valence-corrected chi connectivity index (χ1v) is 8.94. The Balaban J connectivity index is 1.80. The second-order valence-corrected chi connectivity index (χ2v) is 7.00. The molecule has 0 atom stereocenters. The second kappa shape index (κ2) is 9.64. The van der Waals surface area contributed by atoms with Gasteiger partial charge in [0.05, 0.1) is 7.11 Å². The minimum Gasteiger partial charge on any atom is -0.493 e. The highest BCUT2D eigenvalue weighted by Gasteiger charge is 2.15. The molecule has 0 radical (unpaired) electrons. The van der Waals surface area contributed by atoms with Crippen molar-refractivity contribution in [3.05, 3.63) is 48.5 Å².